The van der Waals surface area contributed by atoms with Crippen molar-refractivity contribution in [1.82, 2.24) is 4.98 Å². The van der Waals surface area contributed by atoms with Crippen molar-refractivity contribution in [2.75, 3.05) is 12.0 Å². The Kier molecular flexibility index (Phi) is 6.71. The van der Waals surface area contributed by atoms with Gasteiger partial charge in [-0.05, 0) is 72.3 Å². The molecule has 0 bridgehead atoms. The molecule has 7 nitrogen and oxygen atoms in total. The molecule has 6 rings (SSSR count). The van der Waals surface area contributed by atoms with E-state index >= 15 is 0 Å². The molecule has 0 aliphatic carbocycles. The standard InChI is InChI=1S/C31H21ClN2O5S/c1-38-21-13-10-18(11-14-21)28(35)26-27(19-6-5-9-23(16-19)39-22-7-3-2-4-8-22)34(30(37)29(26)36)31-33-24-15-12-20(32)17-25(24)40-31/h2-17,27,35H,1H3. The van der Waals surface area contributed by atoms with Gasteiger partial charge >= 0.3 is 5.91 Å². The number of fused-ring (bicyclic) bond motifs is 1. The Labute approximate surface area is 238 Å². The molecule has 1 saturated heterocycles. The maximum absolute atomic E-state index is 13.6. The van der Waals surface area contributed by atoms with Crippen LogP contribution in [0.4, 0.5) is 5.13 Å². The highest BCUT2D eigenvalue weighted by Gasteiger charge is 2.48. The number of rotatable bonds is 6. The number of aromatic nitrogens is 1. The molecule has 1 aliphatic heterocycles. The summed E-state index contributed by atoms with van der Waals surface area (Å²) in [5, 5.41) is 12.3. The van der Waals surface area contributed by atoms with Gasteiger partial charge in [-0.15, -0.1) is 0 Å². The van der Waals surface area contributed by atoms with E-state index in [1.54, 1.807) is 66.7 Å². The van der Waals surface area contributed by atoms with E-state index < -0.39 is 17.7 Å². The minimum atomic E-state index is -0.961. The smallest absolute Gasteiger partial charge is 0.301 e. The molecule has 40 heavy (non-hydrogen) atoms. The number of para-hydroxylation sites is 1. The molecule has 198 valence electrons. The lowest BCUT2D eigenvalue weighted by Gasteiger charge is -2.23. The van der Waals surface area contributed by atoms with Crippen molar-refractivity contribution in [2.45, 2.75) is 6.04 Å². The van der Waals surface area contributed by atoms with Gasteiger partial charge in [0.2, 0.25) is 0 Å². The molecule has 4 aromatic carbocycles. The number of anilines is 1. The number of benzene rings is 4. The number of aliphatic hydroxyl groups is 1. The zero-order valence-electron chi connectivity index (χ0n) is 21.1. The molecule has 1 amide bonds. The van der Waals surface area contributed by atoms with Gasteiger partial charge in [-0.25, -0.2) is 4.98 Å². The number of nitrogens with zero attached hydrogens (tertiary/aromatic N) is 2. The van der Waals surface area contributed by atoms with Crippen molar-refractivity contribution < 1.29 is 24.2 Å². The highest BCUT2D eigenvalue weighted by atomic mass is 35.5. The largest absolute Gasteiger partial charge is 0.507 e. The Morgan fingerprint density at radius 3 is 2.40 bits per heavy atom. The van der Waals surface area contributed by atoms with Gasteiger partial charge in [-0.2, -0.15) is 0 Å². The van der Waals surface area contributed by atoms with E-state index in [9.17, 15) is 14.7 Å². The number of ketones is 1. The maximum Gasteiger partial charge on any atom is 0.301 e. The molecule has 1 atom stereocenters. The minimum absolute atomic E-state index is 0.0516. The third-order valence-corrected chi connectivity index (χ3v) is 7.76. The fourth-order valence-electron chi connectivity index (χ4n) is 4.61. The maximum atomic E-state index is 13.6. The van der Waals surface area contributed by atoms with E-state index in [1.165, 1.54) is 23.3 Å². The predicted molar refractivity (Wildman–Crippen MR) is 155 cm³/mol. The first-order chi connectivity index (χ1) is 19.4. The molecular weight excluding hydrogens is 548 g/mol. The lowest BCUT2D eigenvalue weighted by atomic mass is 9.95. The number of carbonyl (C=O) groups is 2. The summed E-state index contributed by atoms with van der Waals surface area (Å²) in [7, 11) is 1.54. The van der Waals surface area contributed by atoms with Crippen molar-refractivity contribution in [3.8, 4) is 17.2 Å². The van der Waals surface area contributed by atoms with Crippen LogP contribution in [0.3, 0.4) is 0 Å². The zero-order valence-corrected chi connectivity index (χ0v) is 22.6. The topological polar surface area (TPSA) is 89.0 Å². The van der Waals surface area contributed by atoms with Crippen molar-refractivity contribution in [1.29, 1.82) is 0 Å². The summed E-state index contributed by atoms with van der Waals surface area (Å²) in [6.45, 7) is 0. The van der Waals surface area contributed by atoms with Gasteiger partial charge in [-0.1, -0.05) is 53.3 Å². The molecular formula is C31H21ClN2O5S. The van der Waals surface area contributed by atoms with E-state index in [1.807, 2.05) is 30.3 Å². The Morgan fingerprint density at radius 1 is 0.900 bits per heavy atom. The first-order valence-electron chi connectivity index (χ1n) is 12.3. The van der Waals surface area contributed by atoms with Crippen molar-refractivity contribution in [3.63, 3.8) is 0 Å². The number of ether oxygens (including phenoxy) is 2. The molecule has 5 aromatic rings. The highest BCUT2D eigenvalue weighted by Crippen LogP contribution is 2.45. The zero-order chi connectivity index (χ0) is 27.8. The van der Waals surface area contributed by atoms with E-state index in [4.69, 9.17) is 21.1 Å². The van der Waals surface area contributed by atoms with Crippen LogP contribution in [-0.2, 0) is 9.59 Å². The number of methoxy groups -OCH3 is 1. The second kappa shape index (κ2) is 10.5. The van der Waals surface area contributed by atoms with Gasteiger partial charge in [0.25, 0.3) is 5.78 Å². The molecule has 2 heterocycles. The van der Waals surface area contributed by atoms with Gasteiger partial charge in [0.1, 0.15) is 23.0 Å². The van der Waals surface area contributed by atoms with Gasteiger partial charge in [0.05, 0.1) is 28.9 Å². The normalized spacial score (nSPS) is 16.4. The summed E-state index contributed by atoms with van der Waals surface area (Å²) in [5.41, 5.74) is 1.53. The number of hydrogen-bond acceptors (Lipinski definition) is 7. The molecule has 0 saturated carbocycles. The monoisotopic (exact) mass is 568 g/mol. The highest BCUT2D eigenvalue weighted by molar-refractivity contribution is 7.22. The van der Waals surface area contributed by atoms with Gasteiger partial charge in [-0.3, -0.25) is 14.5 Å². The number of carbonyl (C=O) groups excluding carboxylic acids is 2. The van der Waals surface area contributed by atoms with Crippen LogP contribution in [0, 0.1) is 0 Å². The van der Waals surface area contributed by atoms with E-state index in [0.717, 1.165) is 4.70 Å². The molecule has 1 fully saturated rings. The number of aliphatic hydroxyl groups excluding tert-OH is 1. The molecule has 0 spiro atoms. The Hall–Kier alpha value is -4.66. The average Bonchev–Trinajstić information content (AvgIpc) is 3.50. The van der Waals surface area contributed by atoms with Gasteiger partial charge in [0.15, 0.2) is 5.13 Å². The van der Waals surface area contributed by atoms with E-state index in [2.05, 4.69) is 4.98 Å². The summed E-state index contributed by atoms with van der Waals surface area (Å²) in [6, 6.07) is 27.3. The third-order valence-electron chi connectivity index (χ3n) is 6.51. The number of hydrogen-bond donors (Lipinski definition) is 1. The quantitative estimate of drug-likeness (QED) is 0.131. The molecule has 1 unspecified atom stereocenters. The van der Waals surface area contributed by atoms with Crippen LogP contribution in [0.15, 0.2) is 103 Å². The Balaban J connectivity index is 1.51. The van der Waals surface area contributed by atoms with Gasteiger partial charge in [0, 0.05) is 10.6 Å². The summed E-state index contributed by atoms with van der Waals surface area (Å²) in [5.74, 6) is -0.172. The van der Waals surface area contributed by atoms with Crippen LogP contribution in [0.1, 0.15) is 17.2 Å². The Morgan fingerprint density at radius 2 is 1.65 bits per heavy atom. The third kappa shape index (κ3) is 4.68. The van der Waals surface area contributed by atoms with E-state index in [0.29, 0.717) is 44.0 Å². The van der Waals surface area contributed by atoms with Crippen LogP contribution >= 0.6 is 22.9 Å². The van der Waals surface area contributed by atoms with Crippen LogP contribution in [-0.4, -0.2) is 28.9 Å². The van der Waals surface area contributed by atoms with Crippen molar-refractivity contribution in [2.24, 2.45) is 0 Å². The molecule has 9 heteroatoms. The summed E-state index contributed by atoms with van der Waals surface area (Å²) >= 11 is 7.42. The van der Waals surface area contributed by atoms with Crippen LogP contribution in [0.2, 0.25) is 5.02 Å². The lowest BCUT2D eigenvalue weighted by molar-refractivity contribution is -0.132. The molecule has 1 N–H and O–H groups in total. The Bertz CT molecular complexity index is 1780. The average molecular weight is 569 g/mol. The van der Waals surface area contributed by atoms with Crippen LogP contribution in [0.5, 0.6) is 17.2 Å². The summed E-state index contributed by atoms with van der Waals surface area (Å²) < 4.78 is 12.0. The summed E-state index contributed by atoms with van der Waals surface area (Å²) in [6.07, 6.45) is 0. The molecule has 0 radical (unpaired) electrons. The van der Waals surface area contributed by atoms with Crippen molar-refractivity contribution in [3.05, 3.63) is 119 Å². The predicted octanol–water partition coefficient (Wildman–Crippen LogP) is 7.38. The van der Waals surface area contributed by atoms with Crippen molar-refractivity contribution >= 4 is 55.7 Å². The molecule has 1 aromatic heterocycles. The fourth-order valence-corrected chi connectivity index (χ4v) is 5.88. The van der Waals surface area contributed by atoms with Crippen LogP contribution in [0.25, 0.3) is 16.0 Å². The minimum Gasteiger partial charge on any atom is -0.507 e. The SMILES string of the molecule is COc1ccc(C(O)=C2C(=O)C(=O)N(c3nc4ccc(Cl)cc4s3)C2c2cccc(Oc3ccccc3)c2)cc1. The second-order valence-electron chi connectivity index (χ2n) is 8.99. The molecule has 1 aliphatic rings. The first-order valence-corrected chi connectivity index (χ1v) is 13.5. The summed E-state index contributed by atoms with van der Waals surface area (Å²) in [4.78, 5) is 33.1. The van der Waals surface area contributed by atoms with E-state index in [-0.39, 0.29) is 11.3 Å². The first kappa shape index (κ1) is 25.6. The van der Waals surface area contributed by atoms with Gasteiger partial charge < -0.3 is 14.6 Å². The lowest BCUT2D eigenvalue weighted by Crippen LogP contribution is -2.29. The van der Waals surface area contributed by atoms with Crippen LogP contribution < -0.4 is 14.4 Å². The number of thiazole rings is 1. The number of Topliss-reactive ketones (excluding diaryl/α,β-unsaturated/α-hetero) is 1. The number of amides is 1. The fraction of sp³-hybridized carbons (Fsp3) is 0.0645. The second-order valence-corrected chi connectivity index (χ2v) is 10.4. The number of halogens is 1.